The molecule has 16 heavy (non-hydrogen) atoms. The van der Waals surface area contributed by atoms with Gasteiger partial charge in [0.1, 0.15) is 6.04 Å². The van der Waals surface area contributed by atoms with Crippen LogP contribution >= 0.6 is 0 Å². The van der Waals surface area contributed by atoms with Gasteiger partial charge in [0.2, 0.25) is 5.91 Å². The smallest absolute Gasteiger partial charge is 0.326 e. The first-order valence-corrected chi connectivity index (χ1v) is 5.35. The van der Waals surface area contributed by atoms with E-state index in [0.717, 1.165) is 0 Å². The molecule has 0 aromatic heterocycles. The minimum atomic E-state index is -0.972. The van der Waals surface area contributed by atoms with Crippen LogP contribution in [0.5, 0.6) is 0 Å². The monoisotopic (exact) mass is 230 g/mol. The third kappa shape index (κ3) is 2.93. The molecule has 1 saturated heterocycles. The quantitative estimate of drug-likeness (QED) is 0.659. The van der Waals surface area contributed by atoms with Gasteiger partial charge in [-0.3, -0.25) is 4.79 Å². The van der Waals surface area contributed by atoms with Crippen molar-refractivity contribution < 1.29 is 19.4 Å². The Hall–Kier alpha value is -1.14. The van der Waals surface area contributed by atoms with Gasteiger partial charge in [0.05, 0.1) is 6.10 Å². The van der Waals surface area contributed by atoms with Crippen molar-refractivity contribution in [2.45, 2.75) is 31.4 Å². The summed E-state index contributed by atoms with van der Waals surface area (Å²) in [6, 6.07) is -0.754. The molecule has 0 aliphatic carbocycles. The molecular weight excluding hydrogens is 212 g/mol. The molecule has 0 aromatic carbocycles. The lowest BCUT2D eigenvalue weighted by atomic mass is 10.2. The molecule has 0 saturated carbocycles. The number of hydrogen-bond donors (Lipinski definition) is 2. The van der Waals surface area contributed by atoms with E-state index in [9.17, 15) is 9.59 Å². The minimum Gasteiger partial charge on any atom is -0.480 e. The second kappa shape index (κ2) is 5.81. The number of rotatable bonds is 5. The predicted molar refractivity (Wildman–Crippen MR) is 56.8 cm³/mol. The first kappa shape index (κ1) is 12.9. The van der Waals surface area contributed by atoms with Crippen molar-refractivity contribution in [2.24, 2.45) is 5.73 Å². The van der Waals surface area contributed by atoms with Crippen molar-refractivity contribution in [1.82, 2.24) is 4.90 Å². The molecule has 92 valence electrons. The third-order valence-corrected chi connectivity index (χ3v) is 2.80. The summed E-state index contributed by atoms with van der Waals surface area (Å²) in [4.78, 5) is 24.1. The maximum atomic E-state index is 11.7. The highest BCUT2D eigenvalue weighted by Crippen LogP contribution is 2.21. The second-order valence-corrected chi connectivity index (χ2v) is 3.89. The number of aliphatic carboxylic acids is 1. The zero-order valence-corrected chi connectivity index (χ0v) is 9.39. The summed E-state index contributed by atoms with van der Waals surface area (Å²) in [5, 5.41) is 9.00. The zero-order chi connectivity index (χ0) is 12.1. The number of ether oxygens (including phenoxy) is 1. The van der Waals surface area contributed by atoms with E-state index in [2.05, 4.69) is 0 Å². The van der Waals surface area contributed by atoms with Crippen LogP contribution in [0.25, 0.3) is 0 Å². The number of carboxylic acid groups (broad SMARTS) is 1. The highest BCUT2D eigenvalue weighted by Gasteiger charge is 2.39. The van der Waals surface area contributed by atoms with E-state index in [1.807, 2.05) is 0 Å². The molecule has 1 amide bonds. The normalized spacial score (nSPS) is 24.8. The summed E-state index contributed by atoms with van der Waals surface area (Å²) in [5.41, 5.74) is 5.31. The second-order valence-electron chi connectivity index (χ2n) is 3.89. The summed E-state index contributed by atoms with van der Waals surface area (Å²) < 4.78 is 5.09. The Morgan fingerprint density at radius 1 is 1.56 bits per heavy atom. The van der Waals surface area contributed by atoms with Crippen LogP contribution in [0.1, 0.15) is 19.3 Å². The van der Waals surface area contributed by atoms with Crippen LogP contribution in [0.15, 0.2) is 0 Å². The van der Waals surface area contributed by atoms with Crippen molar-refractivity contribution in [1.29, 1.82) is 0 Å². The van der Waals surface area contributed by atoms with Crippen LogP contribution in [0.4, 0.5) is 0 Å². The number of carbonyl (C=O) groups is 2. The van der Waals surface area contributed by atoms with Crippen LogP contribution in [-0.2, 0) is 14.3 Å². The van der Waals surface area contributed by atoms with Gasteiger partial charge in [-0.2, -0.15) is 0 Å². The van der Waals surface area contributed by atoms with Gasteiger partial charge in [-0.25, -0.2) is 4.79 Å². The molecule has 6 nitrogen and oxygen atoms in total. The Kier molecular flexibility index (Phi) is 4.70. The van der Waals surface area contributed by atoms with Gasteiger partial charge >= 0.3 is 5.97 Å². The summed E-state index contributed by atoms with van der Waals surface area (Å²) in [6.07, 6.45) is 1.07. The van der Waals surface area contributed by atoms with Gasteiger partial charge in [-0.15, -0.1) is 0 Å². The first-order chi connectivity index (χ1) is 7.60. The van der Waals surface area contributed by atoms with E-state index >= 15 is 0 Å². The molecule has 6 heteroatoms. The standard InChI is InChI=1S/C10H18N2O4/c1-16-7-5-8(10(14)15)12(6-7)9(13)3-2-4-11/h7-8H,2-6,11H2,1H3,(H,14,15). The highest BCUT2D eigenvalue weighted by atomic mass is 16.5. The van der Waals surface area contributed by atoms with Crippen molar-refractivity contribution in [3.05, 3.63) is 0 Å². The summed E-state index contributed by atoms with van der Waals surface area (Å²) in [5.74, 6) is -1.13. The summed E-state index contributed by atoms with van der Waals surface area (Å²) >= 11 is 0. The van der Waals surface area contributed by atoms with Crippen molar-refractivity contribution in [3.8, 4) is 0 Å². The molecule has 3 N–H and O–H groups in total. The van der Waals surface area contributed by atoms with Crippen LogP contribution in [-0.4, -0.2) is 54.2 Å². The molecule has 1 fully saturated rings. The van der Waals surface area contributed by atoms with Crippen molar-refractivity contribution in [3.63, 3.8) is 0 Å². The van der Waals surface area contributed by atoms with Gasteiger partial charge in [0.25, 0.3) is 0 Å². The average molecular weight is 230 g/mol. The Bertz CT molecular complexity index is 270. The lowest BCUT2D eigenvalue weighted by Gasteiger charge is -2.20. The van der Waals surface area contributed by atoms with E-state index in [4.69, 9.17) is 15.6 Å². The fourth-order valence-corrected chi connectivity index (χ4v) is 1.87. The molecule has 0 spiro atoms. The molecule has 1 rings (SSSR count). The molecule has 2 atom stereocenters. The van der Waals surface area contributed by atoms with E-state index in [0.29, 0.717) is 32.4 Å². The minimum absolute atomic E-state index is 0.155. The Balaban J connectivity index is 2.61. The molecule has 2 unspecified atom stereocenters. The molecule has 0 bridgehead atoms. The van der Waals surface area contributed by atoms with Gasteiger partial charge in [-0.05, 0) is 13.0 Å². The van der Waals surface area contributed by atoms with Crippen LogP contribution < -0.4 is 5.73 Å². The van der Waals surface area contributed by atoms with Gasteiger partial charge < -0.3 is 20.5 Å². The predicted octanol–water partition coefficient (Wildman–Crippen LogP) is -0.574. The Morgan fingerprint density at radius 2 is 2.25 bits per heavy atom. The van der Waals surface area contributed by atoms with Crippen LogP contribution in [0, 0.1) is 0 Å². The summed E-state index contributed by atoms with van der Waals surface area (Å²) in [7, 11) is 1.53. The molecule has 0 aromatic rings. The number of hydrogen-bond acceptors (Lipinski definition) is 4. The molecular formula is C10H18N2O4. The van der Waals surface area contributed by atoms with E-state index in [1.54, 1.807) is 0 Å². The third-order valence-electron chi connectivity index (χ3n) is 2.80. The number of carbonyl (C=O) groups excluding carboxylic acids is 1. The summed E-state index contributed by atoms with van der Waals surface area (Å²) in [6.45, 7) is 0.794. The van der Waals surface area contributed by atoms with E-state index < -0.39 is 12.0 Å². The van der Waals surface area contributed by atoms with E-state index in [1.165, 1.54) is 12.0 Å². The van der Waals surface area contributed by atoms with Crippen LogP contribution in [0.3, 0.4) is 0 Å². The number of likely N-dealkylation sites (tertiary alicyclic amines) is 1. The lowest BCUT2D eigenvalue weighted by molar-refractivity contribution is -0.148. The fraction of sp³-hybridized carbons (Fsp3) is 0.800. The number of carboxylic acids is 1. The Labute approximate surface area is 94.3 Å². The first-order valence-electron chi connectivity index (χ1n) is 5.35. The van der Waals surface area contributed by atoms with Crippen molar-refractivity contribution >= 4 is 11.9 Å². The van der Waals surface area contributed by atoms with Gasteiger partial charge in [0.15, 0.2) is 0 Å². The molecule has 1 aliphatic rings. The molecule has 0 radical (unpaired) electrons. The van der Waals surface area contributed by atoms with Crippen molar-refractivity contribution in [2.75, 3.05) is 20.2 Å². The molecule has 1 aliphatic heterocycles. The van der Waals surface area contributed by atoms with Crippen LogP contribution in [0.2, 0.25) is 0 Å². The topological polar surface area (TPSA) is 92.9 Å². The van der Waals surface area contributed by atoms with Gasteiger partial charge in [-0.1, -0.05) is 0 Å². The van der Waals surface area contributed by atoms with E-state index in [-0.39, 0.29) is 12.0 Å². The molecule has 1 heterocycles. The zero-order valence-electron chi connectivity index (χ0n) is 9.39. The largest absolute Gasteiger partial charge is 0.480 e. The Morgan fingerprint density at radius 3 is 2.75 bits per heavy atom. The average Bonchev–Trinajstić information content (AvgIpc) is 2.70. The highest BCUT2D eigenvalue weighted by molar-refractivity contribution is 5.84. The SMILES string of the molecule is COC1CC(C(=O)O)N(C(=O)CCCN)C1. The number of nitrogens with zero attached hydrogens (tertiary/aromatic N) is 1. The fourth-order valence-electron chi connectivity index (χ4n) is 1.87. The number of amides is 1. The maximum Gasteiger partial charge on any atom is 0.326 e. The number of methoxy groups -OCH3 is 1. The maximum absolute atomic E-state index is 11.7. The van der Waals surface area contributed by atoms with Gasteiger partial charge in [0, 0.05) is 26.5 Å². The lowest BCUT2D eigenvalue weighted by Crippen LogP contribution is -2.40. The number of nitrogens with two attached hydrogens (primary N) is 1.